The summed E-state index contributed by atoms with van der Waals surface area (Å²) in [6.45, 7) is 0. The smallest absolute Gasteiger partial charge is 0.291 e. The van der Waals surface area contributed by atoms with Gasteiger partial charge in [-0.3, -0.25) is 9.00 Å². The number of hydrogen-bond acceptors (Lipinski definition) is 3. The molecule has 3 rings (SSSR count). The fourth-order valence-corrected chi connectivity index (χ4v) is 2.83. The zero-order valence-electron chi connectivity index (χ0n) is 13.1. The number of amides is 1. The highest BCUT2D eigenvalue weighted by molar-refractivity contribution is 7.84. The maximum atomic E-state index is 13.8. The number of anilines is 1. The molecule has 0 radical (unpaired) electrons. The van der Waals surface area contributed by atoms with Gasteiger partial charge in [-0.25, -0.2) is 8.78 Å². The quantitative estimate of drug-likeness (QED) is 0.757. The molecule has 1 heterocycles. The monoisotopic (exact) mass is 361 g/mol. The summed E-state index contributed by atoms with van der Waals surface area (Å²) in [5, 5.41) is 2.51. The number of furan rings is 1. The van der Waals surface area contributed by atoms with Crippen LogP contribution in [0.2, 0.25) is 0 Å². The zero-order chi connectivity index (χ0) is 18.0. The first-order chi connectivity index (χ1) is 11.9. The molecule has 1 aromatic heterocycles. The number of hydrogen-bond donors (Lipinski definition) is 1. The Morgan fingerprint density at radius 3 is 2.40 bits per heavy atom. The van der Waals surface area contributed by atoms with Crippen molar-refractivity contribution in [3.05, 3.63) is 72.0 Å². The minimum atomic E-state index is -1.45. The highest BCUT2D eigenvalue weighted by atomic mass is 32.2. The fourth-order valence-electron chi connectivity index (χ4n) is 2.23. The van der Waals surface area contributed by atoms with E-state index in [1.54, 1.807) is 6.07 Å². The van der Waals surface area contributed by atoms with E-state index in [2.05, 4.69) is 5.32 Å². The Morgan fingerprint density at radius 1 is 1.04 bits per heavy atom. The highest BCUT2D eigenvalue weighted by Gasteiger charge is 2.14. The van der Waals surface area contributed by atoms with Gasteiger partial charge in [0.15, 0.2) is 5.76 Å². The predicted molar refractivity (Wildman–Crippen MR) is 90.8 cm³/mol. The second-order valence-corrected chi connectivity index (χ2v) is 6.57. The van der Waals surface area contributed by atoms with Crippen molar-refractivity contribution in [2.24, 2.45) is 0 Å². The van der Waals surface area contributed by atoms with Crippen molar-refractivity contribution in [1.29, 1.82) is 0 Å². The van der Waals surface area contributed by atoms with Crippen LogP contribution in [0.1, 0.15) is 10.6 Å². The van der Waals surface area contributed by atoms with Crippen molar-refractivity contribution >= 4 is 22.4 Å². The summed E-state index contributed by atoms with van der Waals surface area (Å²) < 4.78 is 43.5. The zero-order valence-corrected chi connectivity index (χ0v) is 13.9. The van der Waals surface area contributed by atoms with E-state index in [-0.39, 0.29) is 22.2 Å². The molecule has 3 aromatic rings. The molecule has 1 amide bonds. The van der Waals surface area contributed by atoms with Gasteiger partial charge in [0.1, 0.15) is 17.4 Å². The first kappa shape index (κ1) is 17.0. The maximum Gasteiger partial charge on any atom is 0.291 e. The third-order valence-electron chi connectivity index (χ3n) is 3.46. The summed E-state index contributed by atoms with van der Waals surface area (Å²) in [7, 11) is -1.45. The molecule has 7 heteroatoms. The Bertz CT molecular complexity index is 951. The lowest BCUT2D eigenvalue weighted by Gasteiger charge is -2.05. The van der Waals surface area contributed by atoms with Crippen LogP contribution in [0.15, 0.2) is 63.9 Å². The Kier molecular flexibility index (Phi) is 4.76. The summed E-state index contributed by atoms with van der Waals surface area (Å²) in [4.78, 5) is 12.3. The number of nitrogens with one attached hydrogen (secondary N) is 1. The molecule has 0 aliphatic rings. The second kappa shape index (κ2) is 6.98. The van der Waals surface area contributed by atoms with Crippen molar-refractivity contribution in [3.63, 3.8) is 0 Å². The van der Waals surface area contributed by atoms with E-state index in [1.807, 2.05) is 0 Å². The first-order valence-electron chi connectivity index (χ1n) is 7.24. The van der Waals surface area contributed by atoms with E-state index in [1.165, 1.54) is 48.7 Å². The lowest BCUT2D eigenvalue weighted by molar-refractivity contribution is 0.0997. The van der Waals surface area contributed by atoms with Crippen LogP contribution in [-0.2, 0) is 10.8 Å². The molecule has 0 spiro atoms. The summed E-state index contributed by atoms with van der Waals surface area (Å²) in [6, 6.07) is 12.6. The third kappa shape index (κ3) is 3.83. The van der Waals surface area contributed by atoms with E-state index >= 15 is 0 Å². The van der Waals surface area contributed by atoms with Crippen molar-refractivity contribution in [2.45, 2.75) is 4.90 Å². The molecule has 128 valence electrons. The predicted octanol–water partition coefficient (Wildman–Crippen LogP) is 4.21. The van der Waals surface area contributed by atoms with Crippen LogP contribution in [0.3, 0.4) is 0 Å². The standard InChI is InChI=1S/C18H13F2NO3S/c1-25(23)17-9-6-13(10-14(17)20)21-18(22)16-8-7-15(24-16)11-2-4-12(19)5-3-11/h2-10H,1H3,(H,21,22). The van der Waals surface area contributed by atoms with Gasteiger partial charge >= 0.3 is 0 Å². The highest BCUT2D eigenvalue weighted by Crippen LogP contribution is 2.23. The molecule has 1 atom stereocenters. The topological polar surface area (TPSA) is 59.3 Å². The van der Waals surface area contributed by atoms with Crippen molar-refractivity contribution in [1.82, 2.24) is 0 Å². The lowest BCUT2D eigenvalue weighted by Crippen LogP contribution is -2.11. The molecule has 0 fully saturated rings. The molecule has 25 heavy (non-hydrogen) atoms. The molecule has 0 saturated heterocycles. The first-order valence-corrected chi connectivity index (χ1v) is 8.80. The molecular formula is C18H13F2NO3S. The molecule has 2 aromatic carbocycles. The van der Waals surface area contributed by atoms with Gasteiger partial charge in [0.2, 0.25) is 0 Å². The van der Waals surface area contributed by atoms with Crippen LogP contribution < -0.4 is 5.32 Å². The summed E-state index contributed by atoms with van der Waals surface area (Å²) in [5.74, 6) is -1.15. The van der Waals surface area contributed by atoms with Crippen LogP contribution in [0.5, 0.6) is 0 Å². The summed E-state index contributed by atoms with van der Waals surface area (Å²) in [6.07, 6.45) is 1.37. The van der Waals surface area contributed by atoms with Gasteiger partial charge in [0.05, 0.1) is 15.7 Å². The van der Waals surface area contributed by atoms with Crippen molar-refractivity contribution in [2.75, 3.05) is 11.6 Å². The van der Waals surface area contributed by atoms with Gasteiger partial charge < -0.3 is 9.73 Å². The van der Waals surface area contributed by atoms with Gasteiger partial charge in [-0.15, -0.1) is 0 Å². The Labute approximate surface area is 144 Å². The van der Waals surface area contributed by atoms with Crippen LogP contribution >= 0.6 is 0 Å². The van der Waals surface area contributed by atoms with Gasteiger partial charge in [0.25, 0.3) is 5.91 Å². The molecule has 4 nitrogen and oxygen atoms in total. The lowest BCUT2D eigenvalue weighted by atomic mass is 10.2. The second-order valence-electron chi connectivity index (χ2n) is 5.22. The fraction of sp³-hybridized carbons (Fsp3) is 0.0556. The van der Waals surface area contributed by atoms with Gasteiger partial charge in [-0.05, 0) is 54.6 Å². The van der Waals surface area contributed by atoms with Crippen molar-refractivity contribution < 1.29 is 22.2 Å². The van der Waals surface area contributed by atoms with Crippen LogP contribution in [0.4, 0.5) is 14.5 Å². The van der Waals surface area contributed by atoms with Crippen LogP contribution in [0, 0.1) is 11.6 Å². The van der Waals surface area contributed by atoms with Crippen LogP contribution in [0.25, 0.3) is 11.3 Å². The maximum absolute atomic E-state index is 13.8. The number of carbonyl (C=O) groups is 1. The minimum absolute atomic E-state index is 0.0304. The molecule has 0 aliphatic carbocycles. The minimum Gasteiger partial charge on any atom is -0.451 e. The van der Waals surface area contributed by atoms with E-state index < -0.39 is 22.5 Å². The number of rotatable bonds is 4. The molecule has 0 saturated carbocycles. The van der Waals surface area contributed by atoms with Gasteiger partial charge in [0, 0.05) is 17.5 Å². The molecular weight excluding hydrogens is 348 g/mol. The normalized spacial score (nSPS) is 12.0. The number of carbonyl (C=O) groups excluding carboxylic acids is 1. The van der Waals surface area contributed by atoms with E-state index in [0.717, 1.165) is 6.07 Å². The number of halogens is 2. The van der Waals surface area contributed by atoms with Crippen LogP contribution in [-0.4, -0.2) is 16.4 Å². The summed E-state index contributed by atoms with van der Waals surface area (Å²) in [5.41, 5.74) is 0.845. The van der Waals surface area contributed by atoms with E-state index in [0.29, 0.717) is 11.3 Å². The van der Waals surface area contributed by atoms with Gasteiger partial charge in [-0.1, -0.05) is 0 Å². The van der Waals surface area contributed by atoms with E-state index in [4.69, 9.17) is 4.42 Å². The average Bonchev–Trinajstić information content (AvgIpc) is 3.05. The molecule has 0 aliphatic heterocycles. The Hall–Kier alpha value is -2.80. The SMILES string of the molecule is CS(=O)c1ccc(NC(=O)c2ccc(-c3ccc(F)cc3)o2)cc1F. The molecule has 1 unspecified atom stereocenters. The Morgan fingerprint density at radius 2 is 1.76 bits per heavy atom. The average molecular weight is 361 g/mol. The van der Waals surface area contributed by atoms with Gasteiger partial charge in [-0.2, -0.15) is 0 Å². The summed E-state index contributed by atoms with van der Waals surface area (Å²) >= 11 is 0. The van der Waals surface area contributed by atoms with E-state index in [9.17, 15) is 17.8 Å². The largest absolute Gasteiger partial charge is 0.451 e. The number of benzene rings is 2. The van der Waals surface area contributed by atoms with Crippen molar-refractivity contribution in [3.8, 4) is 11.3 Å². The third-order valence-corrected chi connectivity index (χ3v) is 4.41. The molecule has 1 N–H and O–H groups in total. The molecule has 0 bridgehead atoms. The Balaban J connectivity index is 1.77.